The summed E-state index contributed by atoms with van der Waals surface area (Å²) in [6.45, 7) is 4.07. The van der Waals surface area contributed by atoms with E-state index in [1.165, 1.54) is 5.56 Å². The Morgan fingerprint density at radius 2 is 1.65 bits per heavy atom. The molecule has 0 aliphatic carbocycles. The molecular weight excluding hydrogens is 248 g/mol. The zero-order chi connectivity index (χ0) is 14.4. The van der Waals surface area contributed by atoms with Gasteiger partial charge in [-0.15, -0.1) is 0 Å². The lowest BCUT2D eigenvalue weighted by Crippen LogP contribution is -2.19. The lowest BCUT2D eigenvalue weighted by molar-refractivity contribution is 0.0955. The minimum absolute atomic E-state index is 0.191. The second-order valence-electron chi connectivity index (χ2n) is 4.59. The van der Waals surface area contributed by atoms with Crippen molar-refractivity contribution in [1.29, 1.82) is 0 Å². The fraction of sp³-hybridized carbons (Fsp3) is 0.176. The highest BCUT2D eigenvalue weighted by atomic mass is 16.2. The molecule has 3 heteroatoms. The van der Waals surface area contributed by atoms with Gasteiger partial charge >= 0.3 is 0 Å². The van der Waals surface area contributed by atoms with Gasteiger partial charge in [0.2, 0.25) is 0 Å². The minimum Gasteiger partial charge on any atom is -0.267 e. The zero-order valence-electron chi connectivity index (χ0n) is 11.8. The maximum atomic E-state index is 11.9. The second kappa shape index (κ2) is 6.66. The van der Waals surface area contributed by atoms with E-state index >= 15 is 0 Å². The molecule has 0 bridgehead atoms. The molecule has 0 fully saturated rings. The van der Waals surface area contributed by atoms with Crippen molar-refractivity contribution in [3.05, 3.63) is 71.3 Å². The van der Waals surface area contributed by atoms with Gasteiger partial charge in [-0.25, -0.2) is 5.43 Å². The van der Waals surface area contributed by atoms with Gasteiger partial charge in [0.1, 0.15) is 0 Å². The average molecular weight is 266 g/mol. The molecule has 0 aliphatic heterocycles. The van der Waals surface area contributed by atoms with Crippen LogP contribution < -0.4 is 5.43 Å². The van der Waals surface area contributed by atoms with Crippen molar-refractivity contribution in [2.24, 2.45) is 5.10 Å². The van der Waals surface area contributed by atoms with E-state index in [0.717, 1.165) is 17.7 Å². The maximum absolute atomic E-state index is 11.9. The number of aryl methyl sites for hydroxylation is 1. The molecule has 0 spiro atoms. The number of carbonyl (C=O) groups excluding carboxylic acids is 1. The van der Waals surface area contributed by atoms with Gasteiger partial charge in [0, 0.05) is 5.56 Å². The van der Waals surface area contributed by atoms with Crippen LogP contribution in [0.4, 0.5) is 0 Å². The molecule has 1 amide bonds. The SMILES string of the molecule is CCC(=NNC(=O)c1ccccc1)c1ccc(C)cc1. The summed E-state index contributed by atoms with van der Waals surface area (Å²) in [5, 5.41) is 4.24. The summed E-state index contributed by atoms with van der Waals surface area (Å²) in [5.74, 6) is -0.191. The highest BCUT2D eigenvalue weighted by Gasteiger charge is 2.05. The Balaban J connectivity index is 2.12. The summed E-state index contributed by atoms with van der Waals surface area (Å²) in [5.41, 5.74) is 6.33. The number of nitrogens with one attached hydrogen (secondary N) is 1. The monoisotopic (exact) mass is 266 g/mol. The number of hydrogen-bond acceptors (Lipinski definition) is 2. The number of benzene rings is 2. The van der Waals surface area contributed by atoms with E-state index in [2.05, 4.69) is 10.5 Å². The first-order chi connectivity index (χ1) is 9.70. The topological polar surface area (TPSA) is 41.5 Å². The Bertz CT molecular complexity index is 601. The summed E-state index contributed by atoms with van der Waals surface area (Å²) < 4.78 is 0. The summed E-state index contributed by atoms with van der Waals surface area (Å²) in [7, 11) is 0. The van der Waals surface area contributed by atoms with E-state index in [0.29, 0.717) is 5.56 Å². The highest BCUT2D eigenvalue weighted by Crippen LogP contribution is 2.07. The Kier molecular flexibility index (Phi) is 4.66. The lowest BCUT2D eigenvalue weighted by Gasteiger charge is -2.06. The number of hydrazone groups is 1. The quantitative estimate of drug-likeness (QED) is 0.667. The summed E-state index contributed by atoms with van der Waals surface area (Å²) in [6.07, 6.45) is 0.762. The number of nitrogens with zero attached hydrogens (tertiary/aromatic N) is 1. The molecule has 0 aromatic heterocycles. The number of carbonyl (C=O) groups is 1. The summed E-state index contributed by atoms with van der Waals surface area (Å²) in [6, 6.07) is 17.2. The van der Waals surface area contributed by atoms with Crippen LogP contribution in [-0.2, 0) is 0 Å². The number of rotatable bonds is 4. The smallest absolute Gasteiger partial charge is 0.267 e. The Labute approximate surface area is 119 Å². The predicted octanol–water partition coefficient (Wildman–Crippen LogP) is 3.54. The molecule has 0 unspecified atom stereocenters. The van der Waals surface area contributed by atoms with Gasteiger partial charge < -0.3 is 0 Å². The van der Waals surface area contributed by atoms with Crippen molar-refractivity contribution in [3.63, 3.8) is 0 Å². The van der Waals surface area contributed by atoms with Crippen molar-refractivity contribution >= 4 is 11.6 Å². The molecule has 1 N–H and O–H groups in total. The molecule has 2 aromatic carbocycles. The molecular formula is C17H18N2O. The van der Waals surface area contributed by atoms with Gasteiger partial charge in [0.25, 0.3) is 5.91 Å². The predicted molar refractivity (Wildman–Crippen MR) is 81.9 cm³/mol. The highest BCUT2D eigenvalue weighted by molar-refractivity contribution is 6.02. The third kappa shape index (κ3) is 3.54. The van der Waals surface area contributed by atoms with Gasteiger partial charge in [0.05, 0.1) is 5.71 Å². The van der Waals surface area contributed by atoms with Crippen LogP contribution in [0.3, 0.4) is 0 Å². The van der Waals surface area contributed by atoms with Crippen molar-refractivity contribution in [2.75, 3.05) is 0 Å². The summed E-state index contributed by atoms with van der Waals surface area (Å²) >= 11 is 0. The zero-order valence-corrected chi connectivity index (χ0v) is 11.8. The van der Waals surface area contributed by atoms with Crippen LogP contribution in [-0.4, -0.2) is 11.6 Å². The molecule has 0 aliphatic rings. The van der Waals surface area contributed by atoms with Crippen molar-refractivity contribution in [1.82, 2.24) is 5.43 Å². The molecule has 0 heterocycles. The van der Waals surface area contributed by atoms with Crippen LogP contribution in [0.15, 0.2) is 59.7 Å². The van der Waals surface area contributed by atoms with Gasteiger partial charge in [0.15, 0.2) is 0 Å². The lowest BCUT2D eigenvalue weighted by atomic mass is 10.1. The molecule has 2 aromatic rings. The third-order valence-corrected chi connectivity index (χ3v) is 3.05. The van der Waals surface area contributed by atoms with E-state index in [1.807, 2.05) is 56.3 Å². The van der Waals surface area contributed by atoms with Crippen LogP contribution in [0.1, 0.15) is 34.8 Å². The maximum Gasteiger partial charge on any atom is 0.271 e. The first kappa shape index (κ1) is 14.0. The first-order valence-corrected chi connectivity index (χ1v) is 6.69. The molecule has 20 heavy (non-hydrogen) atoms. The van der Waals surface area contributed by atoms with Crippen LogP contribution in [0.5, 0.6) is 0 Å². The van der Waals surface area contributed by atoms with Crippen LogP contribution in [0, 0.1) is 6.92 Å². The largest absolute Gasteiger partial charge is 0.271 e. The van der Waals surface area contributed by atoms with E-state index in [1.54, 1.807) is 12.1 Å². The standard InChI is InChI=1S/C17H18N2O/c1-3-16(14-11-9-13(2)10-12-14)18-19-17(20)15-7-5-4-6-8-15/h4-12H,3H2,1-2H3,(H,19,20). The van der Waals surface area contributed by atoms with Crippen LogP contribution in [0.25, 0.3) is 0 Å². The number of hydrogen-bond donors (Lipinski definition) is 1. The van der Waals surface area contributed by atoms with Crippen LogP contribution >= 0.6 is 0 Å². The van der Waals surface area contributed by atoms with E-state index in [4.69, 9.17) is 0 Å². The molecule has 0 saturated carbocycles. The first-order valence-electron chi connectivity index (χ1n) is 6.69. The van der Waals surface area contributed by atoms with Gasteiger partial charge in [-0.05, 0) is 31.0 Å². The summed E-state index contributed by atoms with van der Waals surface area (Å²) in [4.78, 5) is 11.9. The number of amides is 1. The second-order valence-corrected chi connectivity index (χ2v) is 4.59. The van der Waals surface area contributed by atoms with Gasteiger partial charge in [-0.1, -0.05) is 55.0 Å². The fourth-order valence-electron chi connectivity index (χ4n) is 1.87. The Morgan fingerprint density at radius 3 is 2.25 bits per heavy atom. The molecule has 3 nitrogen and oxygen atoms in total. The molecule has 0 saturated heterocycles. The molecule has 0 atom stereocenters. The van der Waals surface area contributed by atoms with Crippen LogP contribution in [0.2, 0.25) is 0 Å². The van der Waals surface area contributed by atoms with E-state index < -0.39 is 0 Å². The van der Waals surface area contributed by atoms with E-state index in [9.17, 15) is 4.79 Å². The van der Waals surface area contributed by atoms with E-state index in [-0.39, 0.29) is 5.91 Å². The molecule has 2 rings (SSSR count). The van der Waals surface area contributed by atoms with Crippen molar-refractivity contribution < 1.29 is 4.79 Å². The Morgan fingerprint density at radius 1 is 1.00 bits per heavy atom. The van der Waals surface area contributed by atoms with Crippen molar-refractivity contribution in [3.8, 4) is 0 Å². The Hall–Kier alpha value is -2.42. The average Bonchev–Trinajstić information content (AvgIpc) is 2.50. The van der Waals surface area contributed by atoms with Gasteiger partial charge in [-0.2, -0.15) is 5.10 Å². The normalized spacial score (nSPS) is 11.2. The fourth-order valence-corrected chi connectivity index (χ4v) is 1.87. The molecule has 0 radical (unpaired) electrons. The minimum atomic E-state index is -0.191. The van der Waals surface area contributed by atoms with Crippen molar-refractivity contribution in [2.45, 2.75) is 20.3 Å². The van der Waals surface area contributed by atoms with Gasteiger partial charge in [-0.3, -0.25) is 4.79 Å². The third-order valence-electron chi connectivity index (χ3n) is 3.05. The molecule has 102 valence electrons.